The molecule has 23 heavy (non-hydrogen) atoms. The number of hydrogen-bond donors (Lipinski definition) is 2. The Morgan fingerprint density at radius 3 is 2.13 bits per heavy atom. The van der Waals surface area contributed by atoms with E-state index in [1.807, 2.05) is 19.0 Å². The van der Waals surface area contributed by atoms with E-state index in [1.165, 1.54) is 4.90 Å². The van der Waals surface area contributed by atoms with Crippen molar-refractivity contribution in [2.24, 2.45) is 5.73 Å². The number of rotatable bonds is 9. The standard InChI is InChI=1S/C16H25N3O4/c1-18(2)9-10-19(3)16(14(17)20,15(21)22)11-12-5-7-13(23-4)8-6-12/h5-8H,9-11H2,1-4H3,(H2,17,20)(H,21,22)/t16-/m1/s1. The molecule has 0 aliphatic rings. The van der Waals surface area contributed by atoms with Gasteiger partial charge in [0.1, 0.15) is 5.75 Å². The normalized spacial score (nSPS) is 13.8. The molecular formula is C16H25N3O4. The van der Waals surface area contributed by atoms with Gasteiger partial charge in [0.05, 0.1) is 7.11 Å². The quantitative estimate of drug-likeness (QED) is 0.623. The number of likely N-dealkylation sites (N-methyl/N-ethyl adjacent to an activating group) is 2. The Morgan fingerprint density at radius 1 is 1.17 bits per heavy atom. The first-order valence-electron chi connectivity index (χ1n) is 7.26. The molecule has 1 rings (SSSR count). The molecule has 128 valence electrons. The first kappa shape index (κ1) is 18.9. The van der Waals surface area contributed by atoms with Gasteiger partial charge >= 0.3 is 5.97 Å². The highest BCUT2D eigenvalue weighted by atomic mass is 16.5. The summed E-state index contributed by atoms with van der Waals surface area (Å²) in [4.78, 5) is 27.3. The highest BCUT2D eigenvalue weighted by Gasteiger charge is 2.48. The van der Waals surface area contributed by atoms with Gasteiger partial charge in [-0.05, 0) is 38.8 Å². The lowest BCUT2D eigenvalue weighted by atomic mass is 9.88. The van der Waals surface area contributed by atoms with Gasteiger partial charge in [0.15, 0.2) is 0 Å². The second kappa shape index (κ2) is 7.94. The van der Waals surface area contributed by atoms with E-state index in [2.05, 4.69) is 0 Å². The maximum Gasteiger partial charge on any atom is 0.334 e. The monoisotopic (exact) mass is 323 g/mol. The molecule has 7 heteroatoms. The highest BCUT2D eigenvalue weighted by Crippen LogP contribution is 2.22. The fourth-order valence-electron chi connectivity index (χ4n) is 2.33. The summed E-state index contributed by atoms with van der Waals surface area (Å²) in [5.74, 6) is -1.46. The summed E-state index contributed by atoms with van der Waals surface area (Å²) in [6.45, 7) is 1.01. The molecule has 0 aliphatic heterocycles. The van der Waals surface area contributed by atoms with Gasteiger partial charge in [0.2, 0.25) is 11.4 Å². The van der Waals surface area contributed by atoms with Crippen molar-refractivity contribution in [2.45, 2.75) is 12.0 Å². The lowest BCUT2D eigenvalue weighted by molar-refractivity contribution is -0.156. The molecule has 1 amide bonds. The van der Waals surface area contributed by atoms with Crippen molar-refractivity contribution in [3.63, 3.8) is 0 Å². The predicted octanol–water partition coefficient (Wildman–Crippen LogP) is 0.0398. The van der Waals surface area contributed by atoms with Crippen molar-refractivity contribution in [1.82, 2.24) is 9.80 Å². The molecule has 0 saturated carbocycles. The van der Waals surface area contributed by atoms with Crippen molar-refractivity contribution in [3.8, 4) is 5.75 Å². The van der Waals surface area contributed by atoms with Gasteiger partial charge in [-0.2, -0.15) is 0 Å². The number of carboxylic acid groups (broad SMARTS) is 1. The summed E-state index contributed by atoms with van der Waals surface area (Å²) >= 11 is 0. The minimum absolute atomic E-state index is 0.00834. The molecule has 0 fully saturated rings. The third-order valence-corrected chi connectivity index (χ3v) is 3.91. The van der Waals surface area contributed by atoms with Crippen LogP contribution < -0.4 is 10.5 Å². The Balaban J connectivity index is 3.11. The first-order chi connectivity index (χ1) is 10.7. The number of nitrogens with zero attached hydrogens (tertiary/aromatic N) is 2. The topological polar surface area (TPSA) is 96.1 Å². The van der Waals surface area contributed by atoms with Gasteiger partial charge in [-0.1, -0.05) is 12.1 Å². The van der Waals surface area contributed by atoms with E-state index in [9.17, 15) is 14.7 Å². The fourth-order valence-corrected chi connectivity index (χ4v) is 2.33. The summed E-state index contributed by atoms with van der Waals surface area (Å²) in [6, 6.07) is 6.92. The number of carbonyl (C=O) groups excluding carboxylic acids is 1. The molecule has 0 unspecified atom stereocenters. The zero-order valence-electron chi connectivity index (χ0n) is 14.1. The smallest absolute Gasteiger partial charge is 0.334 e. The van der Waals surface area contributed by atoms with Gasteiger partial charge in [0, 0.05) is 19.5 Å². The van der Waals surface area contributed by atoms with Crippen LogP contribution in [0.3, 0.4) is 0 Å². The van der Waals surface area contributed by atoms with Crippen LogP contribution in [0.2, 0.25) is 0 Å². The number of aliphatic carboxylic acids is 1. The average molecular weight is 323 g/mol. The van der Waals surface area contributed by atoms with Crippen molar-refractivity contribution in [1.29, 1.82) is 0 Å². The summed E-state index contributed by atoms with van der Waals surface area (Å²) in [5.41, 5.74) is 4.39. The van der Waals surface area contributed by atoms with Crippen LogP contribution in [-0.2, 0) is 16.0 Å². The molecule has 0 saturated heterocycles. The van der Waals surface area contributed by atoms with E-state index in [-0.39, 0.29) is 6.42 Å². The molecule has 1 aromatic rings. The van der Waals surface area contributed by atoms with Crippen LogP contribution in [0, 0.1) is 0 Å². The molecular weight excluding hydrogens is 298 g/mol. The number of benzene rings is 1. The van der Waals surface area contributed by atoms with Crippen molar-refractivity contribution in [3.05, 3.63) is 29.8 Å². The highest BCUT2D eigenvalue weighted by molar-refractivity contribution is 6.06. The molecule has 3 N–H and O–H groups in total. The van der Waals surface area contributed by atoms with Crippen LogP contribution in [-0.4, -0.2) is 73.7 Å². The zero-order chi connectivity index (χ0) is 17.6. The van der Waals surface area contributed by atoms with Crippen LogP contribution in [0.5, 0.6) is 5.75 Å². The summed E-state index contributed by atoms with van der Waals surface area (Å²) in [6.07, 6.45) is -0.00834. The SMILES string of the molecule is COc1ccc(C[C@@](C(N)=O)(C(=O)O)N(C)CCN(C)C)cc1. The summed E-state index contributed by atoms with van der Waals surface area (Å²) in [7, 11) is 6.91. The van der Waals surface area contributed by atoms with Crippen LogP contribution >= 0.6 is 0 Å². The molecule has 1 aromatic carbocycles. The van der Waals surface area contributed by atoms with E-state index in [0.29, 0.717) is 24.4 Å². The number of amides is 1. The van der Waals surface area contributed by atoms with E-state index < -0.39 is 17.4 Å². The van der Waals surface area contributed by atoms with Crippen molar-refractivity contribution >= 4 is 11.9 Å². The van der Waals surface area contributed by atoms with E-state index in [4.69, 9.17) is 10.5 Å². The minimum Gasteiger partial charge on any atom is -0.497 e. The van der Waals surface area contributed by atoms with Crippen LogP contribution in [0.15, 0.2) is 24.3 Å². The third-order valence-electron chi connectivity index (χ3n) is 3.91. The zero-order valence-corrected chi connectivity index (χ0v) is 14.1. The fraction of sp³-hybridized carbons (Fsp3) is 0.500. The number of methoxy groups -OCH3 is 1. The number of hydrogen-bond acceptors (Lipinski definition) is 5. The number of carbonyl (C=O) groups is 2. The lowest BCUT2D eigenvalue weighted by Crippen LogP contribution is -2.63. The largest absolute Gasteiger partial charge is 0.497 e. The second-order valence-corrected chi connectivity index (χ2v) is 5.78. The molecule has 7 nitrogen and oxygen atoms in total. The van der Waals surface area contributed by atoms with Gasteiger partial charge in [-0.3, -0.25) is 9.69 Å². The average Bonchev–Trinajstić information content (AvgIpc) is 2.50. The summed E-state index contributed by atoms with van der Waals surface area (Å²) < 4.78 is 5.08. The van der Waals surface area contributed by atoms with Gasteiger partial charge in [-0.15, -0.1) is 0 Å². The van der Waals surface area contributed by atoms with Crippen LogP contribution in [0.1, 0.15) is 5.56 Å². The Hall–Kier alpha value is -2.12. The second-order valence-electron chi connectivity index (χ2n) is 5.78. The molecule has 0 heterocycles. The Kier molecular flexibility index (Phi) is 6.53. The van der Waals surface area contributed by atoms with E-state index in [1.54, 1.807) is 38.4 Å². The molecule has 1 atom stereocenters. The van der Waals surface area contributed by atoms with Crippen LogP contribution in [0.4, 0.5) is 0 Å². The number of carboxylic acids is 1. The third kappa shape index (κ3) is 4.43. The van der Waals surface area contributed by atoms with Gasteiger partial charge in [-0.25, -0.2) is 4.79 Å². The van der Waals surface area contributed by atoms with Crippen LogP contribution in [0.25, 0.3) is 0 Å². The predicted molar refractivity (Wildman–Crippen MR) is 87.4 cm³/mol. The number of ether oxygens (including phenoxy) is 1. The van der Waals surface area contributed by atoms with Gasteiger partial charge in [0.25, 0.3) is 0 Å². The maximum absolute atomic E-state index is 12.0. The Morgan fingerprint density at radius 2 is 1.74 bits per heavy atom. The van der Waals surface area contributed by atoms with Gasteiger partial charge < -0.3 is 20.5 Å². The lowest BCUT2D eigenvalue weighted by Gasteiger charge is -2.36. The first-order valence-corrected chi connectivity index (χ1v) is 7.26. The maximum atomic E-state index is 12.0. The summed E-state index contributed by atoms with van der Waals surface area (Å²) in [5, 5.41) is 9.71. The Bertz CT molecular complexity index is 529. The molecule has 0 spiro atoms. The van der Waals surface area contributed by atoms with E-state index in [0.717, 1.165) is 0 Å². The minimum atomic E-state index is -1.79. The number of primary amides is 1. The van der Waals surface area contributed by atoms with E-state index >= 15 is 0 Å². The Labute approximate surface area is 136 Å². The molecule has 0 aromatic heterocycles. The molecule has 0 aliphatic carbocycles. The molecule has 0 radical (unpaired) electrons. The van der Waals surface area contributed by atoms with Crippen molar-refractivity contribution < 1.29 is 19.4 Å². The molecule has 0 bridgehead atoms. The number of nitrogens with two attached hydrogens (primary N) is 1. The van der Waals surface area contributed by atoms with Crippen molar-refractivity contribution in [2.75, 3.05) is 41.3 Å².